The molecular formula is C30H28N6O9. The Hall–Kier alpha value is -5.22. The molecule has 1 fully saturated rings. The van der Waals surface area contributed by atoms with E-state index in [-0.39, 0.29) is 17.9 Å². The van der Waals surface area contributed by atoms with Crippen LogP contribution in [0, 0.1) is 0 Å². The van der Waals surface area contributed by atoms with Crippen LogP contribution >= 0.6 is 0 Å². The van der Waals surface area contributed by atoms with Crippen molar-refractivity contribution in [2.45, 2.75) is 44.1 Å². The maximum Gasteiger partial charge on any atom is 0.337 e. The zero-order chi connectivity index (χ0) is 31.8. The fourth-order valence-electron chi connectivity index (χ4n) is 5.43. The van der Waals surface area contributed by atoms with Gasteiger partial charge in [0.1, 0.15) is 18.3 Å². The maximum atomic E-state index is 12.0. The molecule has 0 spiro atoms. The highest BCUT2D eigenvalue weighted by molar-refractivity contribution is 6.01. The number of hydrogen-bond donors (Lipinski definition) is 5. The lowest BCUT2D eigenvalue weighted by molar-refractivity contribution is -0.249. The smallest absolute Gasteiger partial charge is 0.337 e. The highest BCUT2D eigenvalue weighted by Crippen LogP contribution is 2.35. The van der Waals surface area contributed by atoms with Gasteiger partial charge in [-0.05, 0) is 46.2 Å². The highest BCUT2D eigenvalue weighted by atomic mass is 16.6. The van der Waals surface area contributed by atoms with E-state index in [9.17, 15) is 35.1 Å². The second-order valence-electron chi connectivity index (χ2n) is 10.3. The van der Waals surface area contributed by atoms with Gasteiger partial charge in [-0.2, -0.15) is 9.67 Å². The predicted octanol–water partition coefficient (Wildman–Crippen LogP) is 1.57. The topological polar surface area (TPSA) is 215 Å². The van der Waals surface area contributed by atoms with Gasteiger partial charge in [0.2, 0.25) is 0 Å². The molecule has 0 aliphatic carbocycles. The molecule has 15 nitrogen and oxygen atoms in total. The first-order valence-electron chi connectivity index (χ1n) is 13.9. The molecule has 15 heteroatoms. The number of carboxylic acid groups (broad SMARTS) is 2. The Labute approximate surface area is 254 Å². The van der Waals surface area contributed by atoms with Crippen molar-refractivity contribution >= 4 is 23.0 Å². The van der Waals surface area contributed by atoms with Crippen molar-refractivity contribution in [1.29, 1.82) is 0 Å². The number of carboxylic acids is 2. The van der Waals surface area contributed by atoms with E-state index in [2.05, 4.69) is 20.5 Å². The number of imidazole rings is 1. The van der Waals surface area contributed by atoms with Gasteiger partial charge < -0.3 is 35.0 Å². The van der Waals surface area contributed by atoms with E-state index in [0.717, 1.165) is 15.8 Å². The van der Waals surface area contributed by atoms with Gasteiger partial charge in [0.25, 0.3) is 6.01 Å². The van der Waals surface area contributed by atoms with E-state index in [1.54, 1.807) is 28.8 Å². The normalized spacial score (nSPS) is 21.6. The second kappa shape index (κ2) is 12.0. The molecule has 232 valence electrons. The Morgan fingerprint density at radius 1 is 0.911 bits per heavy atom. The fourth-order valence-corrected chi connectivity index (χ4v) is 5.43. The molecule has 1 aliphatic heterocycles. The number of rotatable bonds is 9. The van der Waals surface area contributed by atoms with Crippen LogP contribution < -0.4 is 4.74 Å². The number of ether oxygens (including phenoxy) is 2. The summed E-state index contributed by atoms with van der Waals surface area (Å²) in [5.41, 5.74) is 3.88. The third-order valence-corrected chi connectivity index (χ3v) is 7.57. The van der Waals surface area contributed by atoms with Gasteiger partial charge in [-0.25, -0.2) is 9.59 Å². The third kappa shape index (κ3) is 5.38. The zero-order valence-electron chi connectivity index (χ0n) is 23.7. The van der Waals surface area contributed by atoms with Crippen LogP contribution in [0.3, 0.4) is 0 Å². The van der Waals surface area contributed by atoms with Crippen LogP contribution in [-0.4, -0.2) is 98.3 Å². The van der Waals surface area contributed by atoms with Gasteiger partial charge in [-0.1, -0.05) is 54.6 Å². The van der Waals surface area contributed by atoms with Gasteiger partial charge in [-0.3, -0.25) is 4.57 Å². The average molecular weight is 617 g/mol. The van der Waals surface area contributed by atoms with Crippen molar-refractivity contribution in [2.75, 3.05) is 6.61 Å². The van der Waals surface area contributed by atoms with Crippen molar-refractivity contribution in [2.24, 2.45) is 0 Å². The predicted molar refractivity (Wildman–Crippen MR) is 155 cm³/mol. The number of aliphatic hydroxyl groups is 3. The number of aromatic nitrogens is 6. The summed E-state index contributed by atoms with van der Waals surface area (Å²) in [6, 6.07) is 19.8. The Morgan fingerprint density at radius 2 is 1.64 bits per heavy atom. The van der Waals surface area contributed by atoms with Crippen molar-refractivity contribution in [3.63, 3.8) is 0 Å². The van der Waals surface area contributed by atoms with E-state index in [1.165, 1.54) is 6.07 Å². The molecule has 2 aromatic heterocycles. The minimum atomic E-state index is -1.86. The Kier molecular flexibility index (Phi) is 7.99. The molecule has 3 aromatic carbocycles. The Balaban J connectivity index is 1.34. The van der Waals surface area contributed by atoms with Crippen LogP contribution in [0.15, 0.2) is 66.7 Å². The van der Waals surface area contributed by atoms with Crippen molar-refractivity contribution in [3.8, 4) is 28.5 Å². The quantitative estimate of drug-likeness (QED) is 0.159. The summed E-state index contributed by atoms with van der Waals surface area (Å²) >= 11 is 0. The number of tetrazole rings is 1. The molecule has 6 rings (SSSR count). The highest BCUT2D eigenvalue weighted by Gasteiger charge is 2.48. The van der Waals surface area contributed by atoms with Crippen molar-refractivity contribution < 1.29 is 44.6 Å². The third-order valence-electron chi connectivity index (χ3n) is 7.57. The Morgan fingerprint density at radius 3 is 2.33 bits per heavy atom. The summed E-state index contributed by atoms with van der Waals surface area (Å²) in [7, 11) is 0. The van der Waals surface area contributed by atoms with Crippen molar-refractivity contribution in [1.82, 2.24) is 29.8 Å². The van der Waals surface area contributed by atoms with Gasteiger partial charge in [-0.15, -0.1) is 5.10 Å². The zero-order valence-corrected chi connectivity index (χ0v) is 23.7. The van der Waals surface area contributed by atoms with E-state index < -0.39 is 42.6 Å². The SMILES string of the molecule is CCOc1nc2cccc(C(=O)O)c2n1Cc1ccc(-c2ccccc2-c2nnnn2[C@H]2O[C@@H](C(=O)O)[C@H](O)[C@@H](O)[C@@H]2O)cc1. The van der Waals surface area contributed by atoms with Gasteiger partial charge in [0, 0.05) is 5.56 Å². The lowest BCUT2D eigenvalue weighted by Gasteiger charge is -2.38. The summed E-state index contributed by atoms with van der Waals surface area (Å²) in [6.45, 7) is 2.45. The lowest BCUT2D eigenvalue weighted by Crippen LogP contribution is -2.58. The fraction of sp³-hybridized carbons (Fsp3) is 0.267. The molecule has 45 heavy (non-hydrogen) atoms. The Bertz CT molecular complexity index is 1870. The summed E-state index contributed by atoms with van der Waals surface area (Å²) in [4.78, 5) is 28.1. The molecule has 5 aromatic rings. The second-order valence-corrected chi connectivity index (χ2v) is 10.3. The van der Waals surface area contributed by atoms with Crippen LogP contribution in [0.2, 0.25) is 0 Å². The van der Waals surface area contributed by atoms with Crippen LogP contribution in [0.5, 0.6) is 6.01 Å². The summed E-state index contributed by atoms with van der Waals surface area (Å²) in [6.07, 6.45) is -8.75. The van der Waals surface area contributed by atoms with E-state index >= 15 is 0 Å². The first-order chi connectivity index (χ1) is 21.7. The molecule has 0 radical (unpaired) electrons. The number of benzene rings is 3. The summed E-state index contributed by atoms with van der Waals surface area (Å²) in [5, 5.41) is 62.0. The molecular weight excluding hydrogens is 588 g/mol. The molecule has 0 unspecified atom stereocenters. The van der Waals surface area contributed by atoms with Crippen LogP contribution in [0.25, 0.3) is 33.5 Å². The van der Waals surface area contributed by atoms with Gasteiger partial charge in [0.15, 0.2) is 18.2 Å². The largest absolute Gasteiger partial charge is 0.479 e. The van der Waals surface area contributed by atoms with Crippen LogP contribution in [-0.2, 0) is 16.1 Å². The maximum absolute atomic E-state index is 12.0. The number of aromatic carboxylic acids is 1. The molecule has 1 aliphatic rings. The summed E-state index contributed by atoms with van der Waals surface area (Å²) in [5.74, 6) is -2.47. The standard InChI is InChI=1S/C30H28N6O9/c1-2-44-30-31-20-9-5-8-19(28(40)41)21(20)35(30)14-15-10-12-16(13-11-15)17-6-3-4-7-18(17)26-32-33-34-36(26)27-24(39)22(37)23(38)25(45-27)29(42)43/h3-13,22-25,27,37-39H,2,14H2,1H3,(H,40,41)(H,42,43)/t22-,23-,24+,25-,27+/m1/s1. The van der Waals surface area contributed by atoms with Crippen LogP contribution in [0.4, 0.5) is 0 Å². The number of nitrogens with zero attached hydrogens (tertiary/aromatic N) is 6. The van der Waals surface area contributed by atoms with E-state index in [1.807, 2.05) is 43.3 Å². The number of aliphatic carboxylic acids is 1. The summed E-state index contributed by atoms with van der Waals surface area (Å²) < 4.78 is 14.0. The van der Waals surface area contributed by atoms with Gasteiger partial charge >= 0.3 is 11.9 Å². The molecule has 0 amide bonds. The number of para-hydroxylation sites is 1. The monoisotopic (exact) mass is 616 g/mol. The number of fused-ring (bicyclic) bond motifs is 1. The molecule has 0 saturated carbocycles. The first kappa shape index (κ1) is 29.8. The number of hydrogen-bond acceptors (Lipinski definition) is 11. The van der Waals surface area contributed by atoms with Gasteiger partial charge in [0.05, 0.1) is 29.7 Å². The van der Waals surface area contributed by atoms with E-state index in [4.69, 9.17) is 9.47 Å². The number of carbonyl (C=O) groups is 2. The molecule has 1 saturated heterocycles. The molecule has 5 atom stereocenters. The lowest BCUT2D eigenvalue weighted by atomic mass is 9.96. The molecule has 5 N–H and O–H groups in total. The number of aliphatic hydroxyl groups excluding tert-OH is 3. The minimum Gasteiger partial charge on any atom is -0.479 e. The molecule has 0 bridgehead atoms. The van der Waals surface area contributed by atoms with E-state index in [0.29, 0.717) is 34.8 Å². The first-order valence-corrected chi connectivity index (χ1v) is 13.9. The average Bonchev–Trinajstić information content (AvgIpc) is 3.65. The van der Waals surface area contributed by atoms with Crippen molar-refractivity contribution in [3.05, 3.63) is 77.9 Å². The molecule has 3 heterocycles. The van der Waals surface area contributed by atoms with Crippen LogP contribution in [0.1, 0.15) is 29.1 Å². The minimum absolute atomic E-state index is 0.109.